The van der Waals surface area contributed by atoms with E-state index in [0.717, 1.165) is 12.5 Å². The van der Waals surface area contributed by atoms with Gasteiger partial charge in [0.2, 0.25) is 0 Å². The third-order valence-electron chi connectivity index (χ3n) is 3.09. The van der Waals surface area contributed by atoms with Crippen molar-refractivity contribution in [1.82, 2.24) is 4.57 Å². The van der Waals surface area contributed by atoms with Crippen LogP contribution in [-0.2, 0) is 13.3 Å². The molecule has 1 fully saturated rings. The number of rotatable bonds is 7. The molecule has 0 spiro atoms. The van der Waals surface area contributed by atoms with Gasteiger partial charge in [-0.25, -0.2) is 0 Å². The van der Waals surface area contributed by atoms with Crippen LogP contribution in [0.15, 0.2) is 0 Å². The molecule has 1 aliphatic heterocycles. The molecule has 0 aromatic heterocycles. The first-order chi connectivity index (χ1) is 7.26. The number of hydrogen-bond donors (Lipinski definition) is 0. The smallest absolute Gasteiger partial charge is 0.377 e. The van der Waals surface area contributed by atoms with E-state index in [2.05, 4.69) is 4.57 Å². The Kier molecular flexibility index (Phi) is 6.02. The van der Waals surface area contributed by atoms with Crippen molar-refractivity contribution in [2.75, 3.05) is 34.4 Å². The lowest BCUT2D eigenvalue weighted by atomic mass is 10.4. The minimum Gasteiger partial charge on any atom is -0.377 e. The fourth-order valence-corrected chi connectivity index (χ4v) is 5.57. The lowest BCUT2D eigenvalue weighted by Gasteiger charge is -2.25. The molecule has 0 aliphatic carbocycles. The highest BCUT2D eigenvalue weighted by Crippen LogP contribution is 2.16. The average Bonchev–Trinajstić information content (AvgIpc) is 2.78. The van der Waals surface area contributed by atoms with Crippen LogP contribution in [0.3, 0.4) is 0 Å². The normalized spacial score (nSPS) is 20.2. The number of nitrogens with zero attached hydrogens (tertiary/aromatic N) is 1. The third kappa shape index (κ3) is 3.97. The maximum atomic E-state index is 5.39. The molecule has 1 rings (SSSR count). The van der Waals surface area contributed by atoms with Crippen molar-refractivity contribution < 1.29 is 13.3 Å². The highest BCUT2D eigenvalue weighted by atomic mass is 28.4. The van der Waals surface area contributed by atoms with Crippen LogP contribution < -0.4 is 0 Å². The average molecular weight is 249 g/mol. The first-order valence-corrected chi connectivity index (χ1v) is 9.20. The molecule has 15 heavy (non-hydrogen) atoms. The fraction of sp³-hybridized carbons (Fsp3) is 1.00. The molecule has 0 atom stereocenters. The van der Waals surface area contributed by atoms with E-state index in [4.69, 9.17) is 13.3 Å². The summed E-state index contributed by atoms with van der Waals surface area (Å²) in [7, 11) is 2.85. The van der Waals surface area contributed by atoms with Gasteiger partial charge in [-0.3, -0.25) is 0 Å². The lowest BCUT2D eigenvalue weighted by Crippen LogP contribution is -2.43. The van der Waals surface area contributed by atoms with E-state index in [-0.39, 0.29) is 9.68 Å². The van der Waals surface area contributed by atoms with Crippen LogP contribution >= 0.6 is 0 Å². The van der Waals surface area contributed by atoms with Crippen LogP contribution in [0.25, 0.3) is 0 Å². The van der Waals surface area contributed by atoms with E-state index in [0.29, 0.717) is 0 Å². The molecule has 0 aromatic rings. The molecular formula is C9H23NO3Si2. The maximum Gasteiger partial charge on any atom is 0.500 e. The van der Waals surface area contributed by atoms with E-state index in [1.807, 2.05) is 0 Å². The topological polar surface area (TPSA) is 30.9 Å². The molecule has 1 saturated heterocycles. The Hall–Kier alpha value is 0.274. The van der Waals surface area contributed by atoms with E-state index in [1.54, 1.807) is 21.3 Å². The van der Waals surface area contributed by atoms with Crippen molar-refractivity contribution in [1.29, 1.82) is 0 Å². The van der Waals surface area contributed by atoms with Gasteiger partial charge in [-0.1, -0.05) is 0 Å². The second-order valence-corrected chi connectivity index (χ2v) is 9.09. The Balaban J connectivity index is 2.21. The molecule has 6 heteroatoms. The van der Waals surface area contributed by atoms with Gasteiger partial charge >= 0.3 is 8.80 Å². The molecule has 4 nitrogen and oxygen atoms in total. The summed E-state index contributed by atoms with van der Waals surface area (Å²) in [6.45, 7) is 2.52. The zero-order valence-corrected chi connectivity index (χ0v) is 12.5. The summed E-state index contributed by atoms with van der Waals surface area (Å²) in [6.07, 6.45) is 2.54. The second kappa shape index (κ2) is 6.77. The Morgan fingerprint density at radius 1 is 1.20 bits per heavy atom. The highest BCUT2D eigenvalue weighted by Gasteiger charge is 2.37. The molecule has 0 aromatic carbocycles. The molecule has 0 unspecified atom stereocenters. The Labute approximate surface area is 96.2 Å². The van der Waals surface area contributed by atoms with Crippen LogP contribution in [-0.4, -0.2) is 57.5 Å². The van der Waals surface area contributed by atoms with Gasteiger partial charge in [-0.15, -0.1) is 0 Å². The molecule has 0 radical (unpaired) electrons. The van der Waals surface area contributed by atoms with Crippen LogP contribution in [0.4, 0.5) is 0 Å². The molecule has 0 amide bonds. The van der Waals surface area contributed by atoms with Gasteiger partial charge in [0, 0.05) is 27.4 Å². The predicted molar refractivity (Wildman–Crippen MR) is 65.7 cm³/mol. The van der Waals surface area contributed by atoms with E-state index in [9.17, 15) is 0 Å². The van der Waals surface area contributed by atoms with Crippen LogP contribution in [0.2, 0.25) is 12.1 Å². The second-order valence-electron chi connectivity index (χ2n) is 3.95. The summed E-state index contributed by atoms with van der Waals surface area (Å²) in [5.74, 6) is 0. The SMILES string of the molecule is CO[Si](CCCN1CCC[SiH2]1)(OC)OC. The summed E-state index contributed by atoms with van der Waals surface area (Å²) in [6, 6.07) is 2.42. The van der Waals surface area contributed by atoms with Gasteiger partial charge in [0.1, 0.15) is 0 Å². The van der Waals surface area contributed by atoms with Gasteiger partial charge < -0.3 is 17.8 Å². The fourth-order valence-electron chi connectivity index (χ4n) is 2.08. The van der Waals surface area contributed by atoms with Crippen molar-refractivity contribution in [2.24, 2.45) is 0 Å². The van der Waals surface area contributed by atoms with Gasteiger partial charge in [-0.2, -0.15) is 0 Å². The van der Waals surface area contributed by atoms with E-state index >= 15 is 0 Å². The van der Waals surface area contributed by atoms with Crippen molar-refractivity contribution >= 4 is 18.5 Å². The van der Waals surface area contributed by atoms with Crippen LogP contribution in [0.1, 0.15) is 12.8 Å². The molecular weight excluding hydrogens is 226 g/mol. The maximum absolute atomic E-state index is 5.39. The van der Waals surface area contributed by atoms with Gasteiger partial charge in [0.05, 0.1) is 9.68 Å². The summed E-state index contributed by atoms with van der Waals surface area (Å²) in [5, 5.41) is 0. The number of hydrogen-bond acceptors (Lipinski definition) is 4. The van der Waals surface area contributed by atoms with Crippen molar-refractivity contribution in [3.63, 3.8) is 0 Å². The zero-order chi connectivity index (χ0) is 11.1. The molecule has 1 heterocycles. The van der Waals surface area contributed by atoms with Crippen molar-refractivity contribution in [3.05, 3.63) is 0 Å². The van der Waals surface area contributed by atoms with E-state index in [1.165, 1.54) is 25.6 Å². The Morgan fingerprint density at radius 2 is 1.87 bits per heavy atom. The summed E-state index contributed by atoms with van der Waals surface area (Å²) >= 11 is 0. The highest BCUT2D eigenvalue weighted by molar-refractivity contribution is 6.60. The monoisotopic (exact) mass is 249 g/mol. The third-order valence-corrected chi connectivity index (χ3v) is 8.00. The van der Waals surface area contributed by atoms with Gasteiger partial charge in [0.15, 0.2) is 0 Å². The van der Waals surface area contributed by atoms with Crippen LogP contribution in [0, 0.1) is 0 Å². The first-order valence-electron chi connectivity index (χ1n) is 5.64. The minimum absolute atomic E-state index is 0.101. The Morgan fingerprint density at radius 3 is 2.33 bits per heavy atom. The summed E-state index contributed by atoms with van der Waals surface area (Å²) in [4.78, 5) is 0. The minimum atomic E-state index is -2.30. The van der Waals surface area contributed by atoms with Crippen molar-refractivity contribution in [3.8, 4) is 0 Å². The van der Waals surface area contributed by atoms with Gasteiger partial charge in [0.25, 0.3) is 0 Å². The lowest BCUT2D eigenvalue weighted by molar-refractivity contribution is 0.122. The molecule has 0 N–H and O–H groups in total. The van der Waals surface area contributed by atoms with Gasteiger partial charge in [-0.05, 0) is 32.0 Å². The summed E-state index contributed by atoms with van der Waals surface area (Å²) < 4.78 is 18.8. The molecule has 1 aliphatic rings. The standard InChI is InChI=1S/C9H23NO3Si2/c1-11-15(12-2,13-3)9-5-7-10-6-4-8-14-10/h4-9,14H2,1-3H3. The van der Waals surface area contributed by atoms with Crippen LogP contribution in [0.5, 0.6) is 0 Å². The largest absolute Gasteiger partial charge is 0.500 e. The molecule has 0 saturated carbocycles. The molecule has 90 valence electrons. The predicted octanol–water partition coefficient (Wildman–Crippen LogP) is 0.462. The quantitative estimate of drug-likeness (QED) is 0.614. The first kappa shape index (κ1) is 13.3. The van der Waals surface area contributed by atoms with E-state index < -0.39 is 8.80 Å². The zero-order valence-electron chi connectivity index (χ0n) is 10.1. The molecule has 0 bridgehead atoms. The Bertz CT molecular complexity index is 164. The van der Waals surface area contributed by atoms with Crippen molar-refractivity contribution in [2.45, 2.75) is 24.9 Å². The summed E-state index contributed by atoms with van der Waals surface area (Å²) in [5.41, 5.74) is 0.